The van der Waals surface area contributed by atoms with Gasteiger partial charge in [0.1, 0.15) is 11.9 Å². The Balaban J connectivity index is 1.59. The number of aliphatic hydroxyl groups is 1. The average molecular weight is 619 g/mol. The quantitative estimate of drug-likeness (QED) is 0.381. The number of halogens is 7. The summed E-state index contributed by atoms with van der Waals surface area (Å²) in [6.07, 6.45) is -11.3. The maximum atomic E-state index is 14.7. The molecule has 0 saturated heterocycles. The van der Waals surface area contributed by atoms with E-state index < -0.39 is 57.0 Å². The van der Waals surface area contributed by atoms with Crippen molar-refractivity contribution in [1.82, 2.24) is 4.90 Å². The highest BCUT2D eigenvalue weighted by Crippen LogP contribution is 2.50. The number of hydrogen-bond donors (Lipinski definition) is 2. The van der Waals surface area contributed by atoms with Gasteiger partial charge in [-0.15, -0.1) is 0 Å². The summed E-state index contributed by atoms with van der Waals surface area (Å²) in [5.41, 5.74) is -6.34. The van der Waals surface area contributed by atoms with Crippen LogP contribution in [-0.4, -0.2) is 48.8 Å². The number of sulfone groups is 1. The van der Waals surface area contributed by atoms with E-state index in [1.165, 1.54) is 54.3 Å². The summed E-state index contributed by atoms with van der Waals surface area (Å²) in [6.45, 7) is 1.22. The number of nitrogens with one attached hydrogen (secondary N) is 1. The van der Waals surface area contributed by atoms with Crippen LogP contribution in [0.25, 0.3) is 11.1 Å². The van der Waals surface area contributed by atoms with E-state index in [-0.39, 0.29) is 34.3 Å². The zero-order chi connectivity index (χ0) is 31.4. The summed E-state index contributed by atoms with van der Waals surface area (Å²) < 4.78 is 117. The van der Waals surface area contributed by atoms with Crippen LogP contribution in [0.15, 0.2) is 65.6 Å². The largest absolute Gasteiger partial charge is 0.430 e. The highest BCUT2D eigenvalue weighted by atomic mass is 32.2. The average Bonchev–Trinajstić information content (AvgIpc) is 3.26. The SMILES string of the molecule is CC(=O)N1Cc2cc(S(C)(=O)=O)ccc2[C@@H]1C(=O)Nc1ccc(-c2ccc(C(O)(C(F)(F)F)C(F)(F)F)cc2F)cc1. The van der Waals surface area contributed by atoms with Crippen LogP contribution < -0.4 is 5.32 Å². The Hall–Kier alpha value is -3.98. The van der Waals surface area contributed by atoms with Gasteiger partial charge in [0.05, 0.1) is 4.90 Å². The summed E-state index contributed by atoms with van der Waals surface area (Å²) in [6, 6.07) is 9.05. The first-order valence-electron chi connectivity index (χ1n) is 11.9. The fourth-order valence-corrected chi connectivity index (χ4v) is 5.31. The molecule has 1 atom stereocenters. The zero-order valence-corrected chi connectivity index (χ0v) is 22.5. The number of alkyl halides is 6. The van der Waals surface area contributed by atoms with Crippen LogP contribution in [0.4, 0.5) is 36.4 Å². The van der Waals surface area contributed by atoms with Crippen molar-refractivity contribution >= 4 is 27.3 Å². The van der Waals surface area contributed by atoms with Gasteiger partial charge in [0.15, 0.2) is 9.84 Å². The molecule has 42 heavy (non-hydrogen) atoms. The maximum absolute atomic E-state index is 14.7. The van der Waals surface area contributed by atoms with Crippen LogP contribution in [0.5, 0.6) is 0 Å². The second kappa shape index (κ2) is 10.4. The Morgan fingerprint density at radius 1 is 0.929 bits per heavy atom. The highest BCUT2D eigenvalue weighted by Gasteiger charge is 2.71. The molecule has 1 aliphatic rings. The molecule has 1 heterocycles. The topological polar surface area (TPSA) is 104 Å². The van der Waals surface area contributed by atoms with Crippen molar-refractivity contribution in [1.29, 1.82) is 0 Å². The molecule has 0 radical (unpaired) electrons. The van der Waals surface area contributed by atoms with Crippen LogP contribution in [0, 0.1) is 5.82 Å². The molecule has 0 spiro atoms. The standard InChI is InChI=1S/C27H21F7N2O5S/c1-14(37)36-13-16-11-19(42(2,40)41)8-10-21(16)23(36)24(38)35-18-6-3-15(4-7-18)20-9-5-17(12-22(20)28)25(39,26(29,30)31)27(32,33)34/h3-12,23,39H,13H2,1-2H3,(H,35,38)/t23-/m1/s1. The number of carbonyl (C=O) groups excluding carboxylic acids is 2. The highest BCUT2D eigenvalue weighted by molar-refractivity contribution is 7.90. The molecular formula is C27H21F7N2O5S. The molecule has 2 N–H and O–H groups in total. The molecule has 1 aliphatic heterocycles. The summed E-state index contributed by atoms with van der Waals surface area (Å²) in [5.74, 6) is -2.58. The Labute approximate surface area is 234 Å². The Bertz CT molecular complexity index is 1660. The fourth-order valence-electron chi connectivity index (χ4n) is 4.64. The van der Waals surface area contributed by atoms with Gasteiger partial charge in [-0.2, -0.15) is 26.3 Å². The van der Waals surface area contributed by atoms with E-state index in [2.05, 4.69) is 5.32 Å². The molecule has 3 aromatic rings. The van der Waals surface area contributed by atoms with Gasteiger partial charge in [-0.25, -0.2) is 12.8 Å². The number of fused-ring (bicyclic) bond motifs is 1. The third-order valence-electron chi connectivity index (χ3n) is 6.81. The number of nitrogens with zero attached hydrogens (tertiary/aromatic N) is 1. The van der Waals surface area contributed by atoms with Gasteiger partial charge >= 0.3 is 12.4 Å². The minimum absolute atomic E-state index is 0.0157. The van der Waals surface area contributed by atoms with Crippen molar-refractivity contribution in [3.63, 3.8) is 0 Å². The van der Waals surface area contributed by atoms with Crippen LogP contribution >= 0.6 is 0 Å². The zero-order valence-electron chi connectivity index (χ0n) is 21.6. The fraction of sp³-hybridized carbons (Fsp3) is 0.259. The van der Waals surface area contributed by atoms with Gasteiger partial charge in [-0.05, 0) is 47.0 Å². The third kappa shape index (κ3) is 5.45. The van der Waals surface area contributed by atoms with E-state index in [1.54, 1.807) is 0 Å². The lowest BCUT2D eigenvalue weighted by Crippen LogP contribution is -2.53. The second-order valence-electron chi connectivity index (χ2n) is 9.65. The van der Waals surface area contributed by atoms with E-state index >= 15 is 0 Å². The summed E-state index contributed by atoms with van der Waals surface area (Å²) >= 11 is 0. The van der Waals surface area contributed by atoms with Crippen molar-refractivity contribution in [2.24, 2.45) is 0 Å². The first-order valence-corrected chi connectivity index (χ1v) is 13.8. The first-order chi connectivity index (χ1) is 19.3. The van der Waals surface area contributed by atoms with E-state index in [0.717, 1.165) is 6.26 Å². The lowest BCUT2D eigenvalue weighted by molar-refractivity contribution is -0.376. The molecule has 0 aliphatic carbocycles. The lowest BCUT2D eigenvalue weighted by Gasteiger charge is -2.32. The van der Waals surface area contributed by atoms with Gasteiger partial charge in [-0.1, -0.05) is 30.3 Å². The van der Waals surface area contributed by atoms with Crippen molar-refractivity contribution in [3.05, 3.63) is 83.2 Å². The van der Waals surface area contributed by atoms with Crippen LogP contribution in [0.1, 0.15) is 29.7 Å². The van der Waals surface area contributed by atoms with E-state index in [0.29, 0.717) is 23.3 Å². The summed E-state index contributed by atoms with van der Waals surface area (Å²) in [7, 11) is -3.54. The van der Waals surface area contributed by atoms with Crippen molar-refractivity contribution < 1.29 is 53.8 Å². The number of amides is 2. The van der Waals surface area contributed by atoms with Crippen LogP contribution in [-0.2, 0) is 31.6 Å². The molecule has 0 bridgehead atoms. The van der Waals surface area contributed by atoms with Crippen molar-refractivity contribution in [3.8, 4) is 11.1 Å². The number of benzene rings is 3. The molecule has 0 unspecified atom stereocenters. The molecule has 3 aromatic carbocycles. The van der Waals surface area contributed by atoms with Crippen LogP contribution in [0.3, 0.4) is 0 Å². The van der Waals surface area contributed by atoms with E-state index in [9.17, 15) is 53.8 Å². The molecule has 0 fully saturated rings. The molecule has 0 saturated carbocycles. The van der Waals surface area contributed by atoms with Crippen LogP contribution in [0.2, 0.25) is 0 Å². The van der Waals surface area contributed by atoms with E-state index in [4.69, 9.17) is 0 Å². The van der Waals surface area contributed by atoms with E-state index in [1.807, 2.05) is 0 Å². The lowest BCUT2D eigenvalue weighted by atomic mass is 9.90. The predicted octanol–water partition coefficient (Wildman–Crippen LogP) is 5.25. The molecule has 15 heteroatoms. The molecule has 7 nitrogen and oxygen atoms in total. The minimum Gasteiger partial charge on any atom is -0.369 e. The molecule has 224 valence electrons. The Kier molecular flexibility index (Phi) is 7.65. The number of hydrogen-bond acceptors (Lipinski definition) is 5. The maximum Gasteiger partial charge on any atom is 0.430 e. The predicted molar refractivity (Wildman–Crippen MR) is 135 cm³/mol. The molecule has 0 aromatic heterocycles. The Morgan fingerprint density at radius 3 is 2.02 bits per heavy atom. The normalized spacial score (nSPS) is 15.9. The Morgan fingerprint density at radius 2 is 1.52 bits per heavy atom. The third-order valence-corrected chi connectivity index (χ3v) is 7.92. The first kappa shape index (κ1) is 31.0. The van der Waals surface area contributed by atoms with Gasteiger partial charge in [-0.3, -0.25) is 9.59 Å². The smallest absolute Gasteiger partial charge is 0.369 e. The van der Waals surface area contributed by atoms with Gasteiger partial charge in [0, 0.05) is 36.5 Å². The van der Waals surface area contributed by atoms with Crippen molar-refractivity contribution in [2.45, 2.75) is 42.4 Å². The summed E-state index contributed by atoms with van der Waals surface area (Å²) in [5, 5.41) is 12.1. The number of carbonyl (C=O) groups is 2. The van der Waals surface area contributed by atoms with Gasteiger partial charge in [0.2, 0.25) is 5.91 Å². The number of rotatable bonds is 5. The van der Waals surface area contributed by atoms with Gasteiger partial charge in [0.25, 0.3) is 11.5 Å². The summed E-state index contributed by atoms with van der Waals surface area (Å²) in [4.78, 5) is 26.7. The second-order valence-corrected chi connectivity index (χ2v) is 11.7. The monoisotopic (exact) mass is 618 g/mol. The molecule has 4 rings (SSSR count). The van der Waals surface area contributed by atoms with Crippen molar-refractivity contribution in [2.75, 3.05) is 11.6 Å². The molecular weight excluding hydrogens is 597 g/mol. The minimum atomic E-state index is -6.17. The van der Waals surface area contributed by atoms with Gasteiger partial charge < -0.3 is 15.3 Å². The number of anilines is 1. The molecule has 2 amide bonds.